The lowest BCUT2D eigenvalue weighted by molar-refractivity contribution is -0.155. The molecule has 0 saturated heterocycles. The third kappa shape index (κ3) is 1.77. The minimum atomic E-state index is -1.17. The zero-order chi connectivity index (χ0) is 17.3. The van der Waals surface area contributed by atoms with Gasteiger partial charge in [-0.05, 0) is 68.1 Å². The first-order chi connectivity index (χ1) is 11.2. The highest BCUT2D eigenvalue weighted by atomic mass is 16.3. The number of aliphatic hydroxyl groups is 1. The number of hydrogen-bond acceptors (Lipinski definition) is 3. The molecule has 3 heteroatoms. The molecule has 6 atom stereocenters. The molecule has 2 fully saturated rings. The summed E-state index contributed by atoms with van der Waals surface area (Å²) in [7, 11) is 0. The molecule has 4 aliphatic carbocycles. The van der Waals surface area contributed by atoms with Crippen LogP contribution in [-0.2, 0) is 9.59 Å². The van der Waals surface area contributed by atoms with E-state index in [-0.39, 0.29) is 22.4 Å². The van der Waals surface area contributed by atoms with E-state index in [1.165, 1.54) is 6.92 Å². The minimum absolute atomic E-state index is 0.0676. The molecule has 0 bridgehead atoms. The highest BCUT2D eigenvalue weighted by Gasteiger charge is 2.64. The zero-order valence-electron chi connectivity index (χ0n) is 14.7. The van der Waals surface area contributed by atoms with Gasteiger partial charge >= 0.3 is 0 Å². The van der Waals surface area contributed by atoms with Gasteiger partial charge in [-0.2, -0.15) is 0 Å². The third-order valence-corrected chi connectivity index (χ3v) is 7.85. The van der Waals surface area contributed by atoms with Crippen LogP contribution >= 0.6 is 0 Å². The Labute approximate surface area is 143 Å². The van der Waals surface area contributed by atoms with Gasteiger partial charge in [-0.3, -0.25) is 9.59 Å². The average Bonchev–Trinajstić information content (AvgIpc) is 2.81. The van der Waals surface area contributed by atoms with Crippen molar-refractivity contribution in [1.82, 2.24) is 0 Å². The molecule has 24 heavy (non-hydrogen) atoms. The lowest BCUT2D eigenvalue weighted by Gasteiger charge is -2.55. The Balaban J connectivity index is 1.77. The Bertz CT molecular complexity index is 715. The summed E-state index contributed by atoms with van der Waals surface area (Å²) >= 11 is 0. The topological polar surface area (TPSA) is 54.4 Å². The average molecular weight is 326 g/mol. The molecule has 0 radical (unpaired) electrons. The molecule has 0 heterocycles. The van der Waals surface area contributed by atoms with Crippen molar-refractivity contribution in [2.45, 2.75) is 52.1 Å². The van der Waals surface area contributed by atoms with E-state index in [1.807, 2.05) is 0 Å². The number of carbonyl (C=O) groups is 2. The van der Waals surface area contributed by atoms with Crippen molar-refractivity contribution in [1.29, 1.82) is 0 Å². The SMILES string of the molecule is CC(=O)[C@@]1(O)CC[C@H]2[C@@H]3C=CC4=CC(=O)C=C[C@@]4(C)[C@@H]3CC[C@@]21C. The van der Waals surface area contributed by atoms with Crippen molar-refractivity contribution in [3.63, 3.8) is 0 Å². The molecule has 4 aliphatic rings. The van der Waals surface area contributed by atoms with Gasteiger partial charge < -0.3 is 5.11 Å². The summed E-state index contributed by atoms with van der Waals surface area (Å²) < 4.78 is 0. The minimum Gasteiger partial charge on any atom is -0.382 e. The van der Waals surface area contributed by atoms with Gasteiger partial charge in [0, 0.05) is 10.8 Å². The van der Waals surface area contributed by atoms with Gasteiger partial charge in [0.2, 0.25) is 0 Å². The summed E-state index contributed by atoms with van der Waals surface area (Å²) in [5, 5.41) is 11.1. The van der Waals surface area contributed by atoms with E-state index in [4.69, 9.17) is 0 Å². The maximum atomic E-state index is 12.2. The second-order valence-corrected chi connectivity index (χ2v) is 8.68. The van der Waals surface area contributed by atoms with Crippen molar-refractivity contribution >= 4 is 11.6 Å². The van der Waals surface area contributed by atoms with Crippen molar-refractivity contribution in [3.05, 3.63) is 36.0 Å². The van der Waals surface area contributed by atoms with Gasteiger partial charge in [-0.15, -0.1) is 0 Å². The van der Waals surface area contributed by atoms with Crippen LogP contribution in [0.1, 0.15) is 46.5 Å². The first-order valence-electron chi connectivity index (χ1n) is 9.09. The standard InChI is InChI=1S/C21H26O3/c1-13(22)21(24)11-8-18-16-5-4-14-12-15(23)6-9-19(14,2)17(16)7-10-20(18,21)3/h4-6,9,12,16-18,24H,7-8,10-11H2,1-3H3/t16-,17-,18+,19-,20+,21+/m1/s1. The van der Waals surface area contributed by atoms with Crippen LogP contribution in [0.4, 0.5) is 0 Å². The van der Waals surface area contributed by atoms with E-state index in [2.05, 4.69) is 32.1 Å². The van der Waals surface area contributed by atoms with Gasteiger partial charge in [-0.1, -0.05) is 32.1 Å². The molecule has 0 aromatic heterocycles. The van der Waals surface area contributed by atoms with Crippen LogP contribution in [0, 0.1) is 28.6 Å². The maximum absolute atomic E-state index is 12.2. The zero-order valence-corrected chi connectivity index (χ0v) is 14.7. The highest BCUT2D eigenvalue weighted by molar-refractivity contribution is 6.01. The van der Waals surface area contributed by atoms with Gasteiger partial charge in [0.15, 0.2) is 11.6 Å². The van der Waals surface area contributed by atoms with E-state index in [0.29, 0.717) is 24.2 Å². The fourth-order valence-electron chi connectivity index (χ4n) is 6.25. The molecule has 128 valence electrons. The predicted molar refractivity (Wildman–Crippen MR) is 92.2 cm³/mol. The predicted octanol–water partition coefficient (Wildman–Crippen LogP) is 3.39. The fraction of sp³-hybridized carbons (Fsp3) is 0.619. The maximum Gasteiger partial charge on any atom is 0.178 e. The Kier molecular flexibility index (Phi) is 3.19. The lowest BCUT2D eigenvalue weighted by atomic mass is 9.49. The van der Waals surface area contributed by atoms with E-state index in [9.17, 15) is 14.7 Å². The monoisotopic (exact) mass is 326 g/mol. The second kappa shape index (κ2) is 4.78. The molecule has 3 nitrogen and oxygen atoms in total. The van der Waals surface area contributed by atoms with Crippen LogP contribution in [0.25, 0.3) is 0 Å². The lowest BCUT2D eigenvalue weighted by Crippen LogP contribution is -2.56. The molecule has 0 aliphatic heterocycles. The molecular weight excluding hydrogens is 300 g/mol. The Morgan fingerprint density at radius 3 is 2.58 bits per heavy atom. The molecule has 2 saturated carbocycles. The van der Waals surface area contributed by atoms with E-state index >= 15 is 0 Å². The number of ketones is 2. The molecular formula is C21H26O3. The summed E-state index contributed by atoms with van der Waals surface area (Å²) in [6, 6.07) is 0. The largest absolute Gasteiger partial charge is 0.382 e. The van der Waals surface area contributed by atoms with Gasteiger partial charge in [-0.25, -0.2) is 0 Å². The summed E-state index contributed by atoms with van der Waals surface area (Å²) in [6.07, 6.45) is 13.2. The normalized spacial score (nSPS) is 49.2. The van der Waals surface area contributed by atoms with Crippen molar-refractivity contribution in [3.8, 4) is 0 Å². The van der Waals surface area contributed by atoms with Crippen LogP contribution in [0.3, 0.4) is 0 Å². The smallest absolute Gasteiger partial charge is 0.178 e. The third-order valence-electron chi connectivity index (χ3n) is 7.85. The quantitative estimate of drug-likeness (QED) is 0.803. The number of allylic oxidation sites excluding steroid dienone is 6. The van der Waals surface area contributed by atoms with Crippen molar-refractivity contribution in [2.75, 3.05) is 0 Å². The van der Waals surface area contributed by atoms with Gasteiger partial charge in [0.05, 0.1) is 0 Å². The number of rotatable bonds is 1. The number of Topliss-reactive ketones (excluding diaryl/α,β-unsaturated/α-hetero) is 1. The Morgan fingerprint density at radius 2 is 1.88 bits per heavy atom. The van der Waals surface area contributed by atoms with E-state index in [1.54, 1.807) is 12.2 Å². The van der Waals surface area contributed by atoms with Gasteiger partial charge in [0.25, 0.3) is 0 Å². The Morgan fingerprint density at radius 1 is 1.17 bits per heavy atom. The first kappa shape index (κ1) is 16.0. The number of carbonyl (C=O) groups excluding carboxylic acids is 2. The molecule has 0 spiro atoms. The summed E-state index contributed by atoms with van der Waals surface area (Å²) in [5.74, 6) is 1.10. The summed E-state index contributed by atoms with van der Waals surface area (Å²) in [6.45, 7) is 5.88. The summed E-state index contributed by atoms with van der Waals surface area (Å²) in [4.78, 5) is 23.9. The molecule has 4 rings (SSSR count). The first-order valence-corrected chi connectivity index (χ1v) is 9.09. The summed E-state index contributed by atoms with van der Waals surface area (Å²) in [5.41, 5.74) is -0.507. The molecule has 0 unspecified atom stereocenters. The number of fused-ring (bicyclic) bond motifs is 5. The van der Waals surface area contributed by atoms with Crippen LogP contribution in [0.2, 0.25) is 0 Å². The highest BCUT2D eigenvalue weighted by Crippen LogP contribution is 2.65. The van der Waals surface area contributed by atoms with Crippen LogP contribution in [0.5, 0.6) is 0 Å². The van der Waals surface area contributed by atoms with E-state index in [0.717, 1.165) is 24.8 Å². The van der Waals surface area contributed by atoms with Crippen LogP contribution in [0.15, 0.2) is 36.0 Å². The molecule has 0 amide bonds. The van der Waals surface area contributed by atoms with Crippen LogP contribution < -0.4 is 0 Å². The van der Waals surface area contributed by atoms with Crippen molar-refractivity contribution in [2.24, 2.45) is 28.6 Å². The molecule has 1 N–H and O–H groups in total. The van der Waals surface area contributed by atoms with Crippen molar-refractivity contribution < 1.29 is 14.7 Å². The molecule has 0 aromatic rings. The fourth-order valence-corrected chi connectivity index (χ4v) is 6.25. The number of hydrogen-bond donors (Lipinski definition) is 1. The van der Waals surface area contributed by atoms with Gasteiger partial charge in [0.1, 0.15) is 5.60 Å². The second-order valence-electron chi connectivity index (χ2n) is 8.68. The van der Waals surface area contributed by atoms with Crippen LogP contribution in [-0.4, -0.2) is 22.3 Å². The Hall–Kier alpha value is -1.48. The molecule has 0 aromatic carbocycles. The van der Waals surface area contributed by atoms with E-state index < -0.39 is 5.60 Å².